The number of aliphatic carboxylic acids is 1. The number of aryl methyl sites for hydroxylation is 1. The molecule has 1 N–H and O–H groups in total. The molecule has 2 aromatic rings. The summed E-state index contributed by atoms with van der Waals surface area (Å²) in [5.41, 5.74) is 0.395. The number of aromatic nitrogens is 3. The molecule has 1 aromatic carbocycles. The van der Waals surface area contributed by atoms with Crippen LogP contribution in [0.1, 0.15) is 75.0 Å². The Kier molecular flexibility index (Phi) is 6.36. The van der Waals surface area contributed by atoms with Gasteiger partial charge in [-0.2, -0.15) is 0 Å². The third-order valence-electron chi connectivity index (χ3n) is 9.46. The van der Waals surface area contributed by atoms with Gasteiger partial charge < -0.3 is 24.2 Å². The molecule has 2 amide bonds. The summed E-state index contributed by atoms with van der Waals surface area (Å²) in [5, 5.41) is 18.7. The van der Waals surface area contributed by atoms with Gasteiger partial charge in [0, 0.05) is 37.1 Å². The minimum absolute atomic E-state index is 0.00650. The van der Waals surface area contributed by atoms with Crippen molar-refractivity contribution < 1.29 is 24.2 Å². The van der Waals surface area contributed by atoms with Crippen molar-refractivity contribution in [2.75, 3.05) is 13.1 Å². The molecule has 1 saturated heterocycles. The van der Waals surface area contributed by atoms with Gasteiger partial charge in [0.15, 0.2) is 5.82 Å². The van der Waals surface area contributed by atoms with Crippen molar-refractivity contribution in [2.24, 2.45) is 23.8 Å². The number of ether oxygens (including phenoxy) is 1. The number of hydrogen-bond donors (Lipinski definition) is 1. The normalized spacial score (nSPS) is 27.5. The van der Waals surface area contributed by atoms with Crippen LogP contribution >= 0.6 is 11.6 Å². The predicted molar refractivity (Wildman–Crippen MR) is 141 cm³/mol. The second-order valence-corrected chi connectivity index (χ2v) is 12.4. The van der Waals surface area contributed by atoms with Crippen LogP contribution in [-0.2, 0) is 34.5 Å². The lowest BCUT2D eigenvalue weighted by Crippen LogP contribution is -2.54. The van der Waals surface area contributed by atoms with Crippen LogP contribution in [-0.4, -0.2) is 60.5 Å². The fourth-order valence-electron chi connectivity index (χ4n) is 6.77. The quantitative estimate of drug-likeness (QED) is 0.577. The standard InChI is InChI=1S/C28H34ClN5O5/c1-27(26(37)38)9-4-3-5-18(27)25(36)33-12-8-17-19(29)6-7-20(39-14-21-31-30-16-32(21)2)23(17)24(33)34-15-28(10-11-28)13-22(34)35/h6-7,16,18,24H,3-5,8-15H2,1-2H3,(H,37,38)/t18-,24?,27-/m0/s1. The highest BCUT2D eigenvalue weighted by Gasteiger charge is 2.56. The zero-order valence-corrected chi connectivity index (χ0v) is 23.1. The van der Waals surface area contributed by atoms with Crippen LogP contribution < -0.4 is 4.74 Å². The number of nitrogens with zero attached hydrogens (tertiary/aromatic N) is 5. The molecule has 6 rings (SSSR count). The first kappa shape index (κ1) is 26.1. The number of hydrogen-bond acceptors (Lipinski definition) is 6. The van der Waals surface area contributed by atoms with Crippen molar-refractivity contribution in [2.45, 2.75) is 71.1 Å². The number of amides is 2. The summed E-state index contributed by atoms with van der Waals surface area (Å²) in [4.78, 5) is 43.8. The van der Waals surface area contributed by atoms with Gasteiger partial charge in [0.1, 0.15) is 24.8 Å². The Bertz CT molecular complexity index is 1340. The van der Waals surface area contributed by atoms with Gasteiger partial charge in [0.05, 0.1) is 11.3 Å². The first-order valence-electron chi connectivity index (χ1n) is 13.7. The van der Waals surface area contributed by atoms with Crippen molar-refractivity contribution in [3.63, 3.8) is 0 Å². The highest BCUT2D eigenvalue weighted by atomic mass is 35.5. The lowest BCUT2D eigenvalue weighted by atomic mass is 9.66. The number of benzene rings is 1. The summed E-state index contributed by atoms with van der Waals surface area (Å²) < 4.78 is 8.05. The molecule has 1 spiro atoms. The molecule has 39 heavy (non-hydrogen) atoms. The Morgan fingerprint density at radius 2 is 2.03 bits per heavy atom. The second kappa shape index (κ2) is 9.50. The summed E-state index contributed by atoms with van der Waals surface area (Å²) in [7, 11) is 1.83. The fraction of sp³-hybridized carbons (Fsp3) is 0.607. The number of fused-ring (bicyclic) bond motifs is 1. The molecule has 10 nitrogen and oxygen atoms in total. The number of halogens is 1. The molecular weight excluding hydrogens is 522 g/mol. The average Bonchev–Trinajstić information content (AvgIpc) is 3.41. The predicted octanol–water partition coefficient (Wildman–Crippen LogP) is 3.72. The number of rotatable bonds is 6. The number of carboxylic acid groups (broad SMARTS) is 1. The first-order valence-corrected chi connectivity index (χ1v) is 14.1. The minimum atomic E-state index is -1.15. The maximum absolute atomic E-state index is 14.3. The van der Waals surface area contributed by atoms with Crippen molar-refractivity contribution in [3.8, 4) is 5.75 Å². The molecular formula is C28H34ClN5O5. The lowest BCUT2D eigenvalue weighted by molar-refractivity contribution is -0.165. The number of carbonyl (C=O) groups is 3. The van der Waals surface area contributed by atoms with E-state index in [0.717, 1.165) is 31.2 Å². The molecule has 2 aliphatic carbocycles. The largest absolute Gasteiger partial charge is 0.485 e. The summed E-state index contributed by atoms with van der Waals surface area (Å²) in [6.07, 6.45) is 6.38. The molecule has 3 atom stereocenters. The van der Waals surface area contributed by atoms with Crippen molar-refractivity contribution >= 4 is 29.4 Å². The van der Waals surface area contributed by atoms with Crippen LogP contribution in [0.2, 0.25) is 5.02 Å². The minimum Gasteiger partial charge on any atom is -0.485 e. The van der Waals surface area contributed by atoms with Crippen LogP contribution in [0, 0.1) is 16.7 Å². The Morgan fingerprint density at radius 3 is 2.69 bits per heavy atom. The Balaban J connectivity index is 1.42. The van der Waals surface area contributed by atoms with E-state index in [4.69, 9.17) is 16.3 Å². The zero-order chi connectivity index (χ0) is 27.5. The third-order valence-corrected chi connectivity index (χ3v) is 9.81. The third kappa shape index (κ3) is 4.37. The molecule has 0 radical (unpaired) electrons. The Hall–Kier alpha value is -3.14. The molecule has 3 fully saturated rings. The smallest absolute Gasteiger partial charge is 0.310 e. The highest BCUT2D eigenvalue weighted by Crippen LogP contribution is 2.56. The van der Waals surface area contributed by atoms with Gasteiger partial charge >= 0.3 is 5.97 Å². The molecule has 0 bridgehead atoms. The van der Waals surface area contributed by atoms with Gasteiger partial charge in [0.25, 0.3) is 0 Å². The zero-order valence-electron chi connectivity index (χ0n) is 22.4. The van der Waals surface area contributed by atoms with E-state index in [9.17, 15) is 19.5 Å². The van der Waals surface area contributed by atoms with Crippen LogP contribution in [0.3, 0.4) is 0 Å². The van der Waals surface area contributed by atoms with E-state index in [2.05, 4.69) is 10.2 Å². The molecule has 3 heterocycles. The van der Waals surface area contributed by atoms with E-state index in [-0.39, 0.29) is 23.8 Å². The SMILES string of the molecule is Cn1cnnc1COc1ccc(Cl)c2c1C(N1CC3(CC3)CC1=O)N(C(=O)[C@@H]1CCCC[C@]1(C)C(=O)O)CC2. The Morgan fingerprint density at radius 1 is 1.23 bits per heavy atom. The summed E-state index contributed by atoms with van der Waals surface area (Å²) in [5.74, 6) is -0.644. The van der Waals surface area contributed by atoms with Gasteiger partial charge in [-0.3, -0.25) is 14.4 Å². The maximum Gasteiger partial charge on any atom is 0.310 e. The molecule has 208 valence electrons. The van der Waals surface area contributed by atoms with Gasteiger partial charge in [-0.1, -0.05) is 24.4 Å². The number of carbonyl (C=O) groups excluding carboxylic acids is 2. The van der Waals surface area contributed by atoms with Gasteiger partial charge in [-0.05, 0) is 62.1 Å². The van der Waals surface area contributed by atoms with Crippen molar-refractivity contribution in [1.29, 1.82) is 0 Å². The topological polar surface area (TPSA) is 118 Å². The Labute approximate surface area is 232 Å². The highest BCUT2D eigenvalue weighted by molar-refractivity contribution is 6.31. The van der Waals surface area contributed by atoms with Crippen LogP contribution in [0.15, 0.2) is 18.5 Å². The molecule has 11 heteroatoms. The van der Waals surface area contributed by atoms with E-state index in [0.29, 0.717) is 60.9 Å². The summed E-state index contributed by atoms with van der Waals surface area (Å²) in [6.45, 7) is 2.76. The average molecular weight is 556 g/mol. The first-order chi connectivity index (χ1) is 18.6. The van der Waals surface area contributed by atoms with E-state index >= 15 is 0 Å². The molecule has 1 unspecified atom stereocenters. The van der Waals surface area contributed by atoms with Gasteiger partial charge in [-0.15, -0.1) is 10.2 Å². The summed E-state index contributed by atoms with van der Waals surface area (Å²) >= 11 is 6.71. The summed E-state index contributed by atoms with van der Waals surface area (Å²) in [6, 6.07) is 3.58. The molecule has 4 aliphatic rings. The van der Waals surface area contributed by atoms with Crippen LogP contribution in [0.5, 0.6) is 5.75 Å². The van der Waals surface area contributed by atoms with E-state index in [1.165, 1.54) is 0 Å². The van der Waals surface area contributed by atoms with Crippen molar-refractivity contribution in [3.05, 3.63) is 40.4 Å². The molecule has 2 saturated carbocycles. The second-order valence-electron chi connectivity index (χ2n) is 12.0. The van der Waals surface area contributed by atoms with Crippen molar-refractivity contribution in [1.82, 2.24) is 24.6 Å². The van der Waals surface area contributed by atoms with E-state index < -0.39 is 23.5 Å². The van der Waals surface area contributed by atoms with Crippen LogP contribution in [0.4, 0.5) is 0 Å². The van der Waals surface area contributed by atoms with E-state index in [1.54, 1.807) is 34.9 Å². The van der Waals surface area contributed by atoms with Gasteiger partial charge in [-0.25, -0.2) is 0 Å². The monoisotopic (exact) mass is 555 g/mol. The van der Waals surface area contributed by atoms with E-state index in [1.807, 2.05) is 11.9 Å². The fourth-order valence-corrected chi connectivity index (χ4v) is 7.03. The van der Waals surface area contributed by atoms with Crippen LogP contribution in [0.25, 0.3) is 0 Å². The lowest BCUT2D eigenvalue weighted by Gasteiger charge is -2.47. The molecule has 1 aromatic heterocycles. The maximum atomic E-state index is 14.3. The number of likely N-dealkylation sites (tertiary alicyclic amines) is 1. The molecule has 2 aliphatic heterocycles. The van der Waals surface area contributed by atoms with Gasteiger partial charge in [0.2, 0.25) is 11.8 Å². The number of carboxylic acids is 1.